The molecule has 0 spiro atoms. The Kier molecular flexibility index (Phi) is 7.81. The largest absolute Gasteiger partial charge is 0.488 e. The number of nitrogens with one attached hydrogen (secondary N) is 1. The molecular formula is C23H26F2N2O4. The smallest absolute Gasteiger partial charge is 0.260 e. The third kappa shape index (κ3) is 6.67. The Morgan fingerprint density at radius 2 is 1.81 bits per heavy atom. The average Bonchev–Trinajstić information content (AvgIpc) is 2.77. The van der Waals surface area contributed by atoms with Crippen LogP contribution in [0.15, 0.2) is 48.5 Å². The fourth-order valence-electron chi connectivity index (χ4n) is 3.35. The summed E-state index contributed by atoms with van der Waals surface area (Å²) >= 11 is 0. The van der Waals surface area contributed by atoms with E-state index in [4.69, 9.17) is 9.47 Å². The molecule has 0 aliphatic carbocycles. The van der Waals surface area contributed by atoms with Crippen LogP contribution in [-0.2, 0) is 9.59 Å². The Morgan fingerprint density at radius 3 is 2.48 bits per heavy atom. The van der Waals surface area contributed by atoms with Gasteiger partial charge in [-0.05, 0) is 44.0 Å². The number of hydrogen-bond acceptors (Lipinski definition) is 4. The van der Waals surface area contributed by atoms with Gasteiger partial charge in [-0.1, -0.05) is 18.2 Å². The Bertz CT molecular complexity index is 886. The van der Waals surface area contributed by atoms with E-state index in [0.717, 1.165) is 12.1 Å². The lowest BCUT2D eigenvalue weighted by Crippen LogP contribution is -2.46. The second kappa shape index (κ2) is 10.7. The predicted molar refractivity (Wildman–Crippen MR) is 111 cm³/mol. The molecule has 1 heterocycles. The van der Waals surface area contributed by atoms with Crippen LogP contribution >= 0.6 is 0 Å². The van der Waals surface area contributed by atoms with Gasteiger partial charge in [0.1, 0.15) is 18.2 Å². The molecule has 166 valence electrons. The van der Waals surface area contributed by atoms with Crippen molar-refractivity contribution in [2.24, 2.45) is 5.92 Å². The zero-order chi connectivity index (χ0) is 22.2. The summed E-state index contributed by atoms with van der Waals surface area (Å²) in [5.74, 6) is -1.32. The molecule has 1 atom stereocenters. The molecule has 2 aromatic rings. The fourth-order valence-corrected chi connectivity index (χ4v) is 3.35. The first kappa shape index (κ1) is 22.5. The normalized spacial score (nSPS) is 15.3. The van der Waals surface area contributed by atoms with Gasteiger partial charge in [-0.25, -0.2) is 8.78 Å². The van der Waals surface area contributed by atoms with Gasteiger partial charge >= 0.3 is 0 Å². The Balaban J connectivity index is 1.37. The van der Waals surface area contributed by atoms with Gasteiger partial charge in [0.2, 0.25) is 5.91 Å². The number of amides is 2. The summed E-state index contributed by atoms with van der Waals surface area (Å²) in [6.07, 6.45) is 1.12. The van der Waals surface area contributed by atoms with Gasteiger partial charge < -0.3 is 19.7 Å². The van der Waals surface area contributed by atoms with Gasteiger partial charge in [0.05, 0.1) is 6.04 Å². The number of para-hydroxylation sites is 1. The van der Waals surface area contributed by atoms with Gasteiger partial charge in [-0.15, -0.1) is 0 Å². The number of carbonyl (C=O) groups is 2. The zero-order valence-electron chi connectivity index (χ0n) is 17.4. The third-order valence-corrected chi connectivity index (χ3v) is 5.10. The van der Waals surface area contributed by atoms with Gasteiger partial charge in [0, 0.05) is 25.1 Å². The molecule has 1 saturated heterocycles. The molecule has 3 rings (SSSR count). The summed E-state index contributed by atoms with van der Waals surface area (Å²) in [5.41, 5.74) is 0. The van der Waals surface area contributed by atoms with Crippen LogP contribution in [0.4, 0.5) is 8.78 Å². The number of carbonyl (C=O) groups excluding carboxylic acids is 2. The Hall–Kier alpha value is -3.16. The number of nitrogens with zero attached hydrogens (tertiary/aromatic N) is 1. The third-order valence-electron chi connectivity index (χ3n) is 5.10. The molecule has 1 fully saturated rings. The van der Waals surface area contributed by atoms with Crippen LogP contribution < -0.4 is 14.8 Å². The van der Waals surface area contributed by atoms with Crippen molar-refractivity contribution in [1.82, 2.24) is 10.2 Å². The Labute approximate surface area is 180 Å². The van der Waals surface area contributed by atoms with Crippen molar-refractivity contribution in [2.75, 3.05) is 26.3 Å². The lowest BCUT2D eigenvalue weighted by molar-refractivity contribution is -0.137. The Morgan fingerprint density at radius 1 is 1.10 bits per heavy atom. The van der Waals surface area contributed by atoms with Crippen molar-refractivity contribution < 1.29 is 27.8 Å². The quantitative estimate of drug-likeness (QED) is 0.696. The molecule has 1 N–H and O–H groups in total. The molecule has 0 radical (unpaired) electrons. The molecule has 31 heavy (non-hydrogen) atoms. The van der Waals surface area contributed by atoms with E-state index in [-0.39, 0.29) is 42.7 Å². The molecule has 1 aliphatic rings. The highest BCUT2D eigenvalue weighted by Crippen LogP contribution is 2.19. The van der Waals surface area contributed by atoms with Crippen molar-refractivity contribution in [2.45, 2.75) is 25.8 Å². The van der Waals surface area contributed by atoms with Gasteiger partial charge in [0.15, 0.2) is 18.2 Å². The van der Waals surface area contributed by atoms with E-state index < -0.39 is 11.6 Å². The minimum atomic E-state index is -0.785. The molecule has 6 nitrogen and oxygen atoms in total. The van der Waals surface area contributed by atoms with Crippen molar-refractivity contribution in [3.63, 3.8) is 0 Å². The number of likely N-dealkylation sites (tertiary alicyclic amines) is 1. The second-order valence-electron chi connectivity index (χ2n) is 7.55. The lowest BCUT2D eigenvalue weighted by Gasteiger charge is -2.31. The van der Waals surface area contributed by atoms with Crippen LogP contribution in [0, 0.1) is 17.6 Å². The molecule has 8 heteroatoms. The average molecular weight is 432 g/mol. The lowest BCUT2D eigenvalue weighted by atomic mass is 9.95. The molecular weight excluding hydrogens is 406 g/mol. The molecule has 1 unspecified atom stereocenters. The molecule has 2 amide bonds. The molecule has 0 aromatic heterocycles. The van der Waals surface area contributed by atoms with E-state index in [1.54, 1.807) is 24.0 Å². The van der Waals surface area contributed by atoms with E-state index in [1.165, 1.54) is 6.07 Å². The number of piperidine rings is 1. The fraction of sp³-hybridized carbons (Fsp3) is 0.391. The summed E-state index contributed by atoms with van der Waals surface area (Å²) in [6.45, 7) is 2.75. The van der Waals surface area contributed by atoms with Crippen LogP contribution in [0.2, 0.25) is 0 Å². The van der Waals surface area contributed by atoms with E-state index >= 15 is 0 Å². The first-order valence-corrected chi connectivity index (χ1v) is 10.3. The van der Waals surface area contributed by atoms with Crippen LogP contribution in [-0.4, -0.2) is 49.1 Å². The van der Waals surface area contributed by atoms with E-state index in [9.17, 15) is 18.4 Å². The topological polar surface area (TPSA) is 67.9 Å². The monoisotopic (exact) mass is 432 g/mol. The first-order chi connectivity index (χ1) is 14.9. The summed E-state index contributed by atoms with van der Waals surface area (Å²) in [5, 5.41) is 2.85. The second-order valence-corrected chi connectivity index (χ2v) is 7.55. The van der Waals surface area contributed by atoms with Gasteiger partial charge in [-0.3, -0.25) is 9.59 Å². The number of rotatable bonds is 8. The molecule has 0 bridgehead atoms. The minimum Gasteiger partial charge on any atom is -0.488 e. The minimum absolute atomic E-state index is 0.0325. The van der Waals surface area contributed by atoms with Crippen LogP contribution in [0.5, 0.6) is 11.5 Å². The van der Waals surface area contributed by atoms with Crippen molar-refractivity contribution in [3.05, 3.63) is 60.2 Å². The highest BCUT2D eigenvalue weighted by molar-refractivity contribution is 5.80. The summed E-state index contributed by atoms with van der Waals surface area (Å²) in [4.78, 5) is 26.5. The highest BCUT2D eigenvalue weighted by Gasteiger charge is 2.28. The van der Waals surface area contributed by atoms with Crippen LogP contribution in [0.25, 0.3) is 0 Å². The van der Waals surface area contributed by atoms with Crippen LogP contribution in [0.1, 0.15) is 19.8 Å². The first-order valence-electron chi connectivity index (χ1n) is 10.3. The number of ether oxygens (including phenoxy) is 2. The van der Waals surface area contributed by atoms with Crippen molar-refractivity contribution in [3.8, 4) is 11.5 Å². The molecule has 0 saturated carbocycles. The zero-order valence-corrected chi connectivity index (χ0v) is 17.4. The SMILES string of the molecule is CC(COc1ccc(F)cc1F)NC(=O)C1CCN(C(=O)COc2ccccc2)CC1. The van der Waals surface area contributed by atoms with Crippen LogP contribution in [0.3, 0.4) is 0 Å². The maximum absolute atomic E-state index is 13.6. The summed E-state index contributed by atoms with van der Waals surface area (Å²) < 4.78 is 37.4. The van der Waals surface area contributed by atoms with Gasteiger partial charge in [0.25, 0.3) is 5.91 Å². The van der Waals surface area contributed by atoms with Crippen molar-refractivity contribution in [1.29, 1.82) is 0 Å². The van der Waals surface area contributed by atoms with E-state index in [0.29, 0.717) is 31.7 Å². The van der Waals surface area contributed by atoms with E-state index in [2.05, 4.69) is 5.32 Å². The van der Waals surface area contributed by atoms with E-state index in [1.807, 2.05) is 18.2 Å². The number of hydrogen-bond donors (Lipinski definition) is 1. The number of halogens is 2. The maximum atomic E-state index is 13.6. The van der Waals surface area contributed by atoms with Gasteiger partial charge in [-0.2, -0.15) is 0 Å². The standard InChI is InChI=1S/C23H26F2N2O4/c1-16(14-31-21-8-7-18(24)13-20(21)25)26-23(29)17-9-11-27(12-10-17)22(28)15-30-19-5-3-2-4-6-19/h2-8,13,16-17H,9-12,14-15H2,1H3,(H,26,29). The molecule has 1 aliphatic heterocycles. The summed E-state index contributed by atoms with van der Waals surface area (Å²) in [6, 6.07) is 11.9. The summed E-state index contributed by atoms with van der Waals surface area (Å²) in [7, 11) is 0. The number of benzene rings is 2. The maximum Gasteiger partial charge on any atom is 0.260 e. The highest BCUT2D eigenvalue weighted by atomic mass is 19.1. The molecule has 2 aromatic carbocycles. The predicted octanol–water partition coefficient (Wildman–Crippen LogP) is 3.17. The van der Waals surface area contributed by atoms with Crippen molar-refractivity contribution >= 4 is 11.8 Å².